The molecule has 1 aromatic heterocycles. The number of hydrogen-bond donors (Lipinski definition) is 1. The van der Waals surface area contributed by atoms with Crippen LogP contribution in [-0.2, 0) is 20.0 Å². The van der Waals surface area contributed by atoms with Crippen molar-refractivity contribution in [2.75, 3.05) is 0 Å². The monoisotopic (exact) mass is 236 g/mol. The van der Waals surface area contributed by atoms with Crippen LogP contribution in [0.3, 0.4) is 0 Å². The quantitative estimate of drug-likeness (QED) is 0.879. The summed E-state index contributed by atoms with van der Waals surface area (Å²) in [6.45, 7) is 0.395. The van der Waals surface area contributed by atoms with Crippen molar-refractivity contribution in [2.24, 2.45) is 12.8 Å². The van der Waals surface area contributed by atoms with Gasteiger partial charge in [-0.15, -0.1) is 0 Å². The molecule has 0 unspecified atom stereocenters. The van der Waals surface area contributed by atoms with E-state index in [1.807, 2.05) is 31.3 Å². The van der Waals surface area contributed by atoms with Crippen LogP contribution < -0.4 is 5.73 Å². The van der Waals surface area contributed by atoms with Gasteiger partial charge >= 0.3 is 0 Å². The smallest absolute Gasteiger partial charge is 0.155 e. The van der Waals surface area contributed by atoms with Gasteiger partial charge in [0.05, 0.1) is 6.54 Å². The third-order valence-corrected chi connectivity index (χ3v) is 2.75. The molecule has 2 N–H and O–H groups in total. The highest BCUT2D eigenvalue weighted by Crippen LogP contribution is 2.17. The lowest BCUT2D eigenvalue weighted by molar-refractivity contribution is 0.696. The molecule has 0 spiro atoms. The molecule has 16 heavy (non-hydrogen) atoms. The first kappa shape index (κ1) is 11.1. The molecule has 0 saturated carbocycles. The van der Waals surface area contributed by atoms with Crippen LogP contribution in [0.15, 0.2) is 24.3 Å². The van der Waals surface area contributed by atoms with E-state index < -0.39 is 0 Å². The Labute approximate surface area is 99.1 Å². The molecule has 0 aliphatic heterocycles. The largest absolute Gasteiger partial charge is 0.324 e. The molecule has 4 nitrogen and oxygen atoms in total. The van der Waals surface area contributed by atoms with E-state index in [9.17, 15) is 0 Å². The molecule has 0 radical (unpaired) electrons. The van der Waals surface area contributed by atoms with E-state index >= 15 is 0 Å². The van der Waals surface area contributed by atoms with Crippen LogP contribution in [-0.4, -0.2) is 14.8 Å². The van der Waals surface area contributed by atoms with Crippen LogP contribution in [0.2, 0.25) is 5.02 Å². The van der Waals surface area contributed by atoms with E-state index in [0.29, 0.717) is 13.0 Å². The molecular weight excluding hydrogens is 224 g/mol. The summed E-state index contributed by atoms with van der Waals surface area (Å²) in [6, 6.07) is 7.70. The van der Waals surface area contributed by atoms with Gasteiger partial charge in [0.15, 0.2) is 5.82 Å². The van der Waals surface area contributed by atoms with E-state index in [2.05, 4.69) is 10.1 Å². The van der Waals surface area contributed by atoms with Crippen LogP contribution >= 0.6 is 11.6 Å². The van der Waals surface area contributed by atoms with Gasteiger partial charge in [-0.3, -0.25) is 4.68 Å². The summed E-state index contributed by atoms with van der Waals surface area (Å²) >= 11 is 6.07. The second-order valence-electron chi connectivity index (χ2n) is 3.54. The minimum Gasteiger partial charge on any atom is -0.324 e. The van der Waals surface area contributed by atoms with Gasteiger partial charge in [-0.25, -0.2) is 4.98 Å². The zero-order valence-corrected chi connectivity index (χ0v) is 9.78. The lowest BCUT2D eigenvalue weighted by Crippen LogP contribution is -2.05. The Hall–Kier alpha value is -1.39. The van der Waals surface area contributed by atoms with E-state index in [-0.39, 0.29) is 0 Å². The number of rotatable bonds is 3. The van der Waals surface area contributed by atoms with Crippen molar-refractivity contribution >= 4 is 11.6 Å². The van der Waals surface area contributed by atoms with Gasteiger partial charge in [0.25, 0.3) is 0 Å². The average Bonchev–Trinajstić information content (AvgIpc) is 2.62. The van der Waals surface area contributed by atoms with E-state index in [4.69, 9.17) is 17.3 Å². The SMILES string of the molecule is Cn1nc(Cc2ccccc2Cl)nc1CN. The highest BCUT2D eigenvalue weighted by Gasteiger charge is 2.08. The summed E-state index contributed by atoms with van der Waals surface area (Å²) in [6.07, 6.45) is 0.632. The molecular formula is C11H13ClN4. The van der Waals surface area contributed by atoms with Crippen LogP contribution in [0.1, 0.15) is 17.2 Å². The molecule has 84 valence electrons. The number of hydrogen-bond acceptors (Lipinski definition) is 3. The van der Waals surface area contributed by atoms with Gasteiger partial charge < -0.3 is 5.73 Å². The number of aryl methyl sites for hydroxylation is 1. The highest BCUT2D eigenvalue weighted by atomic mass is 35.5. The first-order chi connectivity index (χ1) is 7.70. The third kappa shape index (κ3) is 2.23. The summed E-state index contributed by atoms with van der Waals surface area (Å²) in [7, 11) is 1.84. The number of aromatic nitrogens is 3. The number of nitrogens with zero attached hydrogens (tertiary/aromatic N) is 3. The molecule has 2 rings (SSSR count). The van der Waals surface area contributed by atoms with Crippen molar-refractivity contribution in [3.05, 3.63) is 46.5 Å². The predicted molar refractivity (Wildman–Crippen MR) is 63.2 cm³/mol. The number of benzene rings is 1. The highest BCUT2D eigenvalue weighted by molar-refractivity contribution is 6.31. The Morgan fingerprint density at radius 1 is 1.38 bits per heavy atom. The van der Waals surface area contributed by atoms with Crippen LogP contribution in [0, 0.1) is 0 Å². The maximum atomic E-state index is 6.07. The molecule has 0 aliphatic carbocycles. The van der Waals surface area contributed by atoms with Crippen molar-refractivity contribution in [1.82, 2.24) is 14.8 Å². The molecule has 0 amide bonds. The Balaban J connectivity index is 2.24. The van der Waals surface area contributed by atoms with Crippen LogP contribution in [0.4, 0.5) is 0 Å². The average molecular weight is 237 g/mol. The fraction of sp³-hybridized carbons (Fsp3) is 0.273. The normalized spacial score (nSPS) is 10.7. The molecule has 0 saturated heterocycles. The fourth-order valence-electron chi connectivity index (χ4n) is 1.54. The first-order valence-electron chi connectivity index (χ1n) is 5.03. The Morgan fingerprint density at radius 2 is 2.12 bits per heavy atom. The molecule has 0 aliphatic rings. The van der Waals surface area contributed by atoms with E-state index in [1.54, 1.807) is 4.68 Å². The van der Waals surface area contributed by atoms with Gasteiger partial charge in [0.1, 0.15) is 5.82 Å². The van der Waals surface area contributed by atoms with Crippen LogP contribution in [0.25, 0.3) is 0 Å². The second-order valence-corrected chi connectivity index (χ2v) is 3.95. The zero-order chi connectivity index (χ0) is 11.5. The Morgan fingerprint density at radius 3 is 2.75 bits per heavy atom. The zero-order valence-electron chi connectivity index (χ0n) is 9.02. The summed E-state index contributed by atoms with van der Waals surface area (Å²) in [5.74, 6) is 1.53. The summed E-state index contributed by atoms with van der Waals surface area (Å²) in [4.78, 5) is 4.33. The van der Waals surface area contributed by atoms with Gasteiger partial charge in [-0.2, -0.15) is 5.10 Å². The van der Waals surface area contributed by atoms with Gasteiger partial charge in [-0.05, 0) is 11.6 Å². The molecule has 0 fully saturated rings. The summed E-state index contributed by atoms with van der Waals surface area (Å²) in [5.41, 5.74) is 6.56. The first-order valence-corrected chi connectivity index (χ1v) is 5.40. The standard InChI is InChI=1S/C11H13ClN4/c1-16-11(7-13)14-10(15-16)6-8-4-2-3-5-9(8)12/h2-5H,6-7,13H2,1H3. The van der Waals surface area contributed by atoms with E-state index in [0.717, 1.165) is 22.2 Å². The molecule has 0 bridgehead atoms. The van der Waals surface area contributed by atoms with Gasteiger partial charge in [-0.1, -0.05) is 29.8 Å². The second kappa shape index (κ2) is 4.63. The molecule has 1 heterocycles. The van der Waals surface area contributed by atoms with Crippen molar-refractivity contribution in [3.8, 4) is 0 Å². The lowest BCUT2D eigenvalue weighted by Gasteiger charge is -1.99. The molecule has 1 aromatic carbocycles. The molecule has 5 heteroatoms. The topological polar surface area (TPSA) is 56.7 Å². The van der Waals surface area contributed by atoms with Gasteiger partial charge in [0, 0.05) is 18.5 Å². The summed E-state index contributed by atoms with van der Waals surface area (Å²) in [5, 5.41) is 5.02. The number of halogens is 1. The Kier molecular flexibility index (Phi) is 3.22. The molecule has 2 aromatic rings. The van der Waals surface area contributed by atoms with Crippen LogP contribution in [0.5, 0.6) is 0 Å². The summed E-state index contributed by atoms with van der Waals surface area (Å²) < 4.78 is 1.70. The van der Waals surface area contributed by atoms with E-state index in [1.165, 1.54) is 0 Å². The minimum absolute atomic E-state index is 0.395. The Bertz CT molecular complexity index is 492. The van der Waals surface area contributed by atoms with Gasteiger partial charge in [0.2, 0.25) is 0 Å². The maximum Gasteiger partial charge on any atom is 0.155 e. The van der Waals surface area contributed by atoms with Crippen molar-refractivity contribution in [3.63, 3.8) is 0 Å². The maximum absolute atomic E-state index is 6.07. The lowest BCUT2D eigenvalue weighted by atomic mass is 10.1. The predicted octanol–water partition coefficient (Wildman–Crippen LogP) is 1.52. The van der Waals surface area contributed by atoms with Crippen molar-refractivity contribution in [1.29, 1.82) is 0 Å². The minimum atomic E-state index is 0.395. The fourth-order valence-corrected chi connectivity index (χ4v) is 1.74. The van der Waals surface area contributed by atoms with Crippen molar-refractivity contribution < 1.29 is 0 Å². The number of nitrogens with two attached hydrogens (primary N) is 1. The molecule has 0 atom stereocenters. The van der Waals surface area contributed by atoms with Crippen molar-refractivity contribution in [2.45, 2.75) is 13.0 Å². The third-order valence-electron chi connectivity index (χ3n) is 2.39.